The van der Waals surface area contributed by atoms with Crippen LogP contribution < -0.4 is 0 Å². The normalized spacial score (nSPS) is 12.6. The molecule has 1 spiro atoms. The van der Waals surface area contributed by atoms with Gasteiger partial charge in [-0.2, -0.15) is 0 Å². The van der Waals surface area contributed by atoms with Crippen LogP contribution in [0.15, 0.2) is 97.2 Å². The van der Waals surface area contributed by atoms with Crippen molar-refractivity contribution in [3.8, 4) is 33.5 Å². The molecule has 1 radical (unpaired) electrons. The summed E-state index contributed by atoms with van der Waals surface area (Å²) in [6.07, 6.45) is 1.85. The van der Waals surface area contributed by atoms with Crippen molar-refractivity contribution in [1.29, 1.82) is 0 Å². The smallest absolute Gasteiger partial charge is 0.0550 e. The summed E-state index contributed by atoms with van der Waals surface area (Å²) in [4.78, 5) is 4.62. The second kappa shape index (κ2) is 10.2. The summed E-state index contributed by atoms with van der Waals surface area (Å²) in [5, 5.41) is 0. The van der Waals surface area contributed by atoms with Crippen molar-refractivity contribution < 1.29 is 20.1 Å². The van der Waals surface area contributed by atoms with Crippen LogP contribution in [0.3, 0.4) is 0 Å². The monoisotopic (exact) mass is 658 g/mol. The minimum atomic E-state index is -0.326. The Labute approximate surface area is 235 Å². The third-order valence-electron chi connectivity index (χ3n) is 7.37. The van der Waals surface area contributed by atoms with E-state index in [0.29, 0.717) is 0 Å². The Hall–Kier alpha value is -3.32. The predicted molar refractivity (Wildman–Crippen MR) is 152 cm³/mol. The number of rotatable bonds is 1. The molecule has 2 heteroatoms. The zero-order chi connectivity index (χ0) is 24.2. The quantitative estimate of drug-likeness (QED) is 0.161. The van der Waals surface area contributed by atoms with Gasteiger partial charge in [0.1, 0.15) is 0 Å². The summed E-state index contributed by atoms with van der Waals surface area (Å²) in [5.41, 5.74) is 15.0. The number of nitrogens with zero attached hydrogens (tertiary/aromatic N) is 1. The number of pyridine rings is 1. The average Bonchev–Trinajstić information content (AvgIpc) is 3.36. The van der Waals surface area contributed by atoms with Gasteiger partial charge in [0.15, 0.2) is 0 Å². The maximum Gasteiger partial charge on any atom is 0.0550 e. The summed E-state index contributed by atoms with van der Waals surface area (Å²) in [5.74, 6) is 0. The van der Waals surface area contributed by atoms with Crippen LogP contribution in [-0.4, -0.2) is 4.98 Å². The summed E-state index contributed by atoms with van der Waals surface area (Å²) in [6, 6.07) is 36.9. The van der Waals surface area contributed by atoms with Crippen LogP contribution >= 0.6 is 0 Å². The molecular formula is C35H31IrN-2. The molecule has 1 heterocycles. The molecule has 7 rings (SSSR count). The molecule has 2 aliphatic carbocycles. The van der Waals surface area contributed by atoms with E-state index in [2.05, 4.69) is 104 Å². The van der Waals surface area contributed by atoms with Crippen molar-refractivity contribution >= 4 is 0 Å². The molecule has 0 saturated carbocycles. The molecule has 0 amide bonds. The van der Waals surface area contributed by atoms with Crippen LogP contribution in [0.4, 0.5) is 0 Å². The molecule has 0 fully saturated rings. The molecule has 4 aromatic carbocycles. The Balaban J connectivity index is 0.000000782. The Morgan fingerprint density at radius 1 is 0.622 bits per heavy atom. The number of fused-ring (bicyclic) bond motifs is 10. The van der Waals surface area contributed by atoms with E-state index in [1.165, 1.54) is 55.6 Å². The van der Waals surface area contributed by atoms with Crippen molar-refractivity contribution in [2.45, 2.75) is 33.1 Å². The van der Waals surface area contributed by atoms with Gasteiger partial charge in [-0.3, -0.25) is 0 Å². The van der Waals surface area contributed by atoms with E-state index >= 15 is 0 Å². The first-order valence-electron chi connectivity index (χ1n) is 12.5. The maximum atomic E-state index is 4.62. The van der Waals surface area contributed by atoms with Gasteiger partial charge in [-0.25, -0.2) is 0 Å². The molecule has 0 saturated heterocycles. The zero-order valence-electron chi connectivity index (χ0n) is 22.0. The predicted octanol–water partition coefficient (Wildman–Crippen LogP) is 8.98. The van der Waals surface area contributed by atoms with E-state index in [0.717, 1.165) is 11.3 Å². The van der Waals surface area contributed by atoms with Gasteiger partial charge in [0.25, 0.3) is 0 Å². The van der Waals surface area contributed by atoms with Crippen LogP contribution in [-0.2, 0) is 25.5 Å². The molecular weight excluding hydrogens is 627 g/mol. The molecule has 0 N–H and O–H groups in total. The van der Waals surface area contributed by atoms with Crippen LogP contribution in [0.5, 0.6) is 0 Å². The molecule has 0 aliphatic heterocycles. The Kier molecular flexibility index (Phi) is 7.38. The standard InChI is InChI=1S/C32H22N.C2H6.CH3.Ir/c1-20-10-13-24-25-14-11-21(2)18-29(25)32(28(24)17-20)27-8-4-3-7-23(27)26-15-12-22(19-30(26)32)31-9-5-6-16-33-31;1-2;;/h3-11,13-19H,1-2H3;1-2H3;1H3;/q-1;;-1;. The van der Waals surface area contributed by atoms with Crippen molar-refractivity contribution in [2.75, 3.05) is 0 Å². The van der Waals surface area contributed by atoms with E-state index in [1.807, 2.05) is 32.2 Å². The molecule has 5 aromatic rings. The van der Waals surface area contributed by atoms with Crippen LogP contribution in [0.2, 0.25) is 0 Å². The van der Waals surface area contributed by atoms with Crippen molar-refractivity contribution in [2.24, 2.45) is 0 Å². The van der Waals surface area contributed by atoms with Gasteiger partial charge in [-0.1, -0.05) is 109 Å². The molecule has 187 valence electrons. The summed E-state index contributed by atoms with van der Waals surface area (Å²) < 4.78 is 0. The summed E-state index contributed by atoms with van der Waals surface area (Å²) >= 11 is 0. The topological polar surface area (TPSA) is 12.9 Å². The molecule has 2 aliphatic rings. The fourth-order valence-electron chi connectivity index (χ4n) is 6.02. The number of hydrogen-bond donors (Lipinski definition) is 0. The van der Waals surface area contributed by atoms with E-state index in [4.69, 9.17) is 0 Å². The van der Waals surface area contributed by atoms with E-state index in [9.17, 15) is 0 Å². The average molecular weight is 658 g/mol. The first-order valence-corrected chi connectivity index (χ1v) is 12.5. The second-order valence-corrected chi connectivity index (χ2v) is 9.28. The van der Waals surface area contributed by atoms with Gasteiger partial charge < -0.3 is 12.4 Å². The minimum absolute atomic E-state index is 0. The number of aryl methyl sites for hydroxylation is 2. The number of benzene rings is 4. The fourth-order valence-corrected chi connectivity index (χ4v) is 6.02. The third-order valence-corrected chi connectivity index (χ3v) is 7.37. The molecule has 1 nitrogen and oxygen atoms in total. The largest absolute Gasteiger partial charge is 0.358 e. The fraction of sp³-hybridized carbons (Fsp3) is 0.143. The first kappa shape index (κ1) is 26.7. The SMILES string of the molecule is CC.Cc1ccc2c(c1)C1(c3ccccc3-c3c[c-]c(-c4ccccn4)cc31)c1cc(C)ccc1-2.[CH3-].[Ir]. The number of hydrogen-bond acceptors (Lipinski definition) is 1. The minimum Gasteiger partial charge on any atom is -0.358 e. The van der Waals surface area contributed by atoms with E-state index < -0.39 is 0 Å². The van der Waals surface area contributed by atoms with Gasteiger partial charge in [-0.15, -0.1) is 29.3 Å². The zero-order valence-corrected chi connectivity index (χ0v) is 24.4. The first-order chi connectivity index (χ1) is 17.2. The third kappa shape index (κ3) is 3.74. The second-order valence-electron chi connectivity index (χ2n) is 9.28. The molecule has 1 aromatic heterocycles. The Bertz CT molecular complexity index is 1530. The molecule has 0 bridgehead atoms. The van der Waals surface area contributed by atoms with Crippen molar-refractivity contribution in [3.63, 3.8) is 0 Å². The van der Waals surface area contributed by atoms with Crippen molar-refractivity contribution in [3.05, 3.63) is 144 Å². The molecule has 0 unspecified atom stereocenters. The summed E-state index contributed by atoms with van der Waals surface area (Å²) in [7, 11) is 0. The molecule has 0 atom stereocenters. The van der Waals surface area contributed by atoms with Gasteiger partial charge in [-0.05, 0) is 53.4 Å². The van der Waals surface area contributed by atoms with Crippen LogP contribution in [0.25, 0.3) is 33.5 Å². The van der Waals surface area contributed by atoms with E-state index in [1.54, 1.807) is 0 Å². The van der Waals surface area contributed by atoms with E-state index in [-0.39, 0.29) is 32.9 Å². The van der Waals surface area contributed by atoms with Crippen LogP contribution in [0, 0.1) is 27.3 Å². The number of aromatic nitrogens is 1. The van der Waals surface area contributed by atoms with Crippen molar-refractivity contribution in [1.82, 2.24) is 4.98 Å². The van der Waals surface area contributed by atoms with Gasteiger partial charge >= 0.3 is 0 Å². The molecule has 37 heavy (non-hydrogen) atoms. The van der Waals surface area contributed by atoms with Gasteiger partial charge in [0.05, 0.1) is 5.41 Å². The maximum absolute atomic E-state index is 4.62. The Morgan fingerprint density at radius 3 is 1.81 bits per heavy atom. The van der Waals surface area contributed by atoms with Crippen LogP contribution in [0.1, 0.15) is 47.2 Å². The van der Waals surface area contributed by atoms with Gasteiger partial charge in [0.2, 0.25) is 0 Å². The summed E-state index contributed by atoms with van der Waals surface area (Å²) in [6.45, 7) is 8.39. The Morgan fingerprint density at radius 2 is 1.19 bits per heavy atom. The van der Waals surface area contributed by atoms with Gasteiger partial charge in [0, 0.05) is 26.3 Å².